The number of hydrogen-bond donors (Lipinski definition) is 1. The third kappa shape index (κ3) is 3.85. The largest absolute Gasteiger partial charge is 0.339 e. The van der Waals surface area contributed by atoms with Crippen molar-refractivity contribution in [3.05, 3.63) is 59.2 Å². The molecule has 0 radical (unpaired) electrons. The summed E-state index contributed by atoms with van der Waals surface area (Å²) in [6.07, 6.45) is 2.00. The van der Waals surface area contributed by atoms with Crippen molar-refractivity contribution in [1.82, 2.24) is 4.90 Å². The molecule has 0 spiro atoms. The number of hydrogen-bond acceptors (Lipinski definition) is 3. The zero-order chi connectivity index (χ0) is 18.0. The van der Waals surface area contributed by atoms with Crippen LogP contribution in [-0.2, 0) is 10.0 Å². The maximum absolute atomic E-state index is 12.8. The monoisotopic (exact) mass is 358 g/mol. The summed E-state index contributed by atoms with van der Waals surface area (Å²) in [7, 11) is -3.76. The maximum Gasteiger partial charge on any atom is 0.262 e. The molecule has 6 heteroatoms. The molecule has 1 amide bonds. The Balaban J connectivity index is 1.90. The topological polar surface area (TPSA) is 66.5 Å². The molecule has 0 aromatic heterocycles. The summed E-state index contributed by atoms with van der Waals surface area (Å²) in [5, 5.41) is 0. The Morgan fingerprint density at radius 3 is 2.28 bits per heavy atom. The van der Waals surface area contributed by atoms with Crippen molar-refractivity contribution in [2.45, 2.75) is 31.6 Å². The smallest absolute Gasteiger partial charge is 0.262 e. The van der Waals surface area contributed by atoms with Crippen molar-refractivity contribution in [3.63, 3.8) is 0 Å². The molecule has 1 N–H and O–H groups in total. The predicted molar refractivity (Wildman–Crippen MR) is 98.3 cm³/mol. The molecular formula is C19H22N2O3S. The Morgan fingerprint density at radius 2 is 1.64 bits per heavy atom. The first-order valence-electron chi connectivity index (χ1n) is 8.36. The molecular weight excluding hydrogens is 336 g/mol. The van der Waals surface area contributed by atoms with Crippen molar-refractivity contribution < 1.29 is 13.2 Å². The number of aryl methyl sites for hydroxylation is 2. The van der Waals surface area contributed by atoms with Crippen LogP contribution < -0.4 is 4.72 Å². The Kier molecular flexibility index (Phi) is 4.81. The van der Waals surface area contributed by atoms with E-state index in [4.69, 9.17) is 0 Å². The summed E-state index contributed by atoms with van der Waals surface area (Å²) in [5.74, 6) is -0.107. The van der Waals surface area contributed by atoms with E-state index in [0.29, 0.717) is 16.8 Å². The van der Waals surface area contributed by atoms with Crippen LogP contribution in [0, 0.1) is 13.8 Å². The third-order valence-corrected chi connectivity index (χ3v) is 5.94. The van der Waals surface area contributed by atoms with Gasteiger partial charge in [0.2, 0.25) is 0 Å². The second-order valence-corrected chi connectivity index (χ2v) is 8.10. The van der Waals surface area contributed by atoms with Gasteiger partial charge in [-0.25, -0.2) is 8.42 Å². The summed E-state index contributed by atoms with van der Waals surface area (Å²) in [5.41, 5.74) is 2.58. The first-order chi connectivity index (χ1) is 11.9. The minimum Gasteiger partial charge on any atom is -0.339 e. The van der Waals surface area contributed by atoms with E-state index in [-0.39, 0.29) is 10.8 Å². The van der Waals surface area contributed by atoms with Gasteiger partial charge in [0.05, 0.1) is 4.90 Å². The van der Waals surface area contributed by atoms with Gasteiger partial charge in [0.1, 0.15) is 0 Å². The fraction of sp³-hybridized carbons (Fsp3) is 0.316. The fourth-order valence-corrected chi connectivity index (χ4v) is 4.29. The second-order valence-electron chi connectivity index (χ2n) is 6.45. The average Bonchev–Trinajstić information content (AvgIpc) is 3.11. The summed E-state index contributed by atoms with van der Waals surface area (Å²) in [6.45, 7) is 5.14. The van der Waals surface area contributed by atoms with Gasteiger partial charge >= 0.3 is 0 Å². The maximum atomic E-state index is 12.8. The molecule has 132 valence electrons. The lowest BCUT2D eigenvalue weighted by Crippen LogP contribution is -2.28. The Bertz CT molecular complexity index is 883. The first-order valence-corrected chi connectivity index (χ1v) is 9.84. The van der Waals surface area contributed by atoms with Crippen molar-refractivity contribution in [2.24, 2.45) is 0 Å². The molecule has 1 aliphatic rings. The van der Waals surface area contributed by atoms with E-state index in [1.807, 2.05) is 19.1 Å². The number of anilines is 1. The van der Waals surface area contributed by atoms with Gasteiger partial charge in [-0.2, -0.15) is 0 Å². The van der Waals surface area contributed by atoms with Crippen LogP contribution in [0.2, 0.25) is 0 Å². The lowest BCUT2D eigenvalue weighted by Gasteiger charge is -2.17. The summed E-state index contributed by atoms with van der Waals surface area (Å²) in [6, 6.07) is 12.0. The van der Waals surface area contributed by atoms with Crippen molar-refractivity contribution in [3.8, 4) is 0 Å². The molecule has 2 aromatic rings. The zero-order valence-corrected chi connectivity index (χ0v) is 15.3. The molecule has 2 aromatic carbocycles. The second kappa shape index (κ2) is 6.88. The molecule has 0 aliphatic carbocycles. The molecule has 25 heavy (non-hydrogen) atoms. The lowest BCUT2D eigenvalue weighted by molar-refractivity contribution is 0.0792. The number of sulfonamides is 1. The number of likely N-dealkylation sites (tertiary alicyclic amines) is 1. The van der Waals surface area contributed by atoms with Crippen LogP contribution in [0.1, 0.15) is 34.3 Å². The zero-order valence-electron chi connectivity index (χ0n) is 14.5. The Labute approximate surface area is 148 Å². The van der Waals surface area contributed by atoms with E-state index in [1.165, 1.54) is 6.07 Å². The Morgan fingerprint density at radius 1 is 1.00 bits per heavy atom. The third-order valence-electron chi connectivity index (χ3n) is 4.42. The molecule has 1 fully saturated rings. The van der Waals surface area contributed by atoms with Crippen LogP contribution >= 0.6 is 0 Å². The van der Waals surface area contributed by atoms with Crippen LogP contribution in [0.25, 0.3) is 0 Å². The predicted octanol–water partition coefficient (Wildman–Crippen LogP) is 3.34. The van der Waals surface area contributed by atoms with Crippen LogP contribution in [0.5, 0.6) is 0 Å². The SMILES string of the molecule is Cc1ccc(NS(=O)(=O)c2cc(C(=O)N3CCCC3)ccc2C)cc1. The van der Waals surface area contributed by atoms with Gasteiger partial charge in [0.15, 0.2) is 0 Å². The van der Waals surface area contributed by atoms with Gasteiger partial charge in [-0.1, -0.05) is 23.8 Å². The van der Waals surface area contributed by atoms with Crippen molar-refractivity contribution in [1.29, 1.82) is 0 Å². The molecule has 0 atom stereocenters. The number of nitrogens with one attached hydrogen (secondary N) is 1. The van der Waals surface area contributed by atoms with Gasteiger partial charge < -0.3 is 4.90 Å². The van der Waals surface area contributed by atoms with Crippen LogP contribution in [-0.4, -0.2) is 32.3 Å². The molecule has 1 heterocycles. The van der Waals surface area contributed by atoms with Gasteiger partial charge in [-0.15, -0.1) is 0 Å². The van der Waals surface area contributed by atoms with Gasteiger partial charge in [0, 0.05) is 24.3 Å². The summed E-state index contributed by atoms with van der Waals surface area (Å²) >= 11 is 0. The fourth-order valence-electron chi connectivity index (χ4n) is 2.96. The number of rotatable bonds is 4. The van der Waals surface area contributed by atoms with Crippen molar-refractivity contribution >= 4 is 21.6 Å². The van der Waals surface area contributed by atoms with E-state index in [0.717, 1.165) is 31.5 Å². The number of nitrogens with zero attached hydrogens (tertiary/aromatic N) is 1. The quantitative estimate of drug-likeness (QED) is 0.911. The van der Waals surface area contributed by atoms with E-state index < -0.39 is 10.0 Å². The highest BCUT2D eigenvalue weighted by molar-refractivity contribution is 7.92. The normalized spacial score (nSPS) is 14.6. The van der Waals surface area contributed by atoms with E-state index in [2.05, 4.69) is 4.72 Å². The first kappa shape index (κ1) is 17.5. The molecule has 3 rings (SSSR count). The highest BCUT2D eigenvalue weighted by atomic mass is 32.2. The van der Waals surface area contributed by atoms with Crippen LogP contribution in [0.15, 0.2) is 47.4 Å². The van der Waals surface area contributed by atoms with E-state index in [9.17, 15) is 13.2 Å². The Hall–Kier alpha value is -2.34. The highest BCUT2D eigenvalue weighted by Crippen LogP contribution is 2.22. The van der Waals surface area contributed by atoms with Crippen LogP contribution in [0.4, 0.5) is 5.69 Å². The van der Waals surface area contributed by atoms with E-state index >= 15 is 0 Å². The lowest BCUT2D eigenvalue weighted by atomic mass is 10.1. The molecule has 1 aliphatic heterocycles. The molecule has 0 bridgehead atoms. The standard InChI is InChI=1S/C19H22N2O3S/c1-14-5-9-17(10-6-14)20-25(23,24)18-13-16(8-7-15(18)2)19(22)21-11-3-4-12-21/h5-10,13,20H,3-4,11-12H2,1-2H3. The van der Waals surface area contributed by atoms with Gasteiger partial charge in [0.25, 0.3) is 15.9 Å². The van der Waals surface area contributed by atoms with Gasteiger partial charge in [-0.05, 0) is 56.5 Å². The summed E-state index contributed by atoms with van der Waals surface area (Å²) < 4.78 is 28.1. The minimum atomic E-state index is -3.76. The van der Waals surface area contributed by atoms with Gasteiger partial charge in [-0.3, -0.25) is 9.52 Å². The minimum absolute atomic E-state index is 0.107. The number of carbonyl (C=O) groups excluding carboxylic acids is 1. The highest BCUT2D eigenvalue weighted by Gasteiger charge is 2.23. The molecule has 1 saturated heterocycles. The molecule has 5 nitrogen and oxygen atoms in total. The van der Waals surface area contributed by atoms with E-state index in [1.54, 1.807) is 36.1 Å². The van der Waals surface area contributed by atoms with Crippen molar-refractivity contribution in [2.75, 3.05) is 17.8 Å². The molecule has 0 unspecified atom stereocenters. The average molecular weight is 358 g/mol. The summed E-state index contributed by atoms with van der Waals surface area (Å²) in [4.78, 5) is 14.5. The number of benzene rings is 2. The number of amides is 1. The number of carbonyl (C=O) groups is 1. The molecule has 0 saturated carbocycles. The van der Waals surface area contributed by atoms with Crippen LogP contribution in [0.3, 0.4) is 0 Å².